The monoisotopic (exact) mass is 350 g/mol. The van der Waals surface area contributed by atoms with Gasteiger partial charge in [-0.05, 0) is 55.8 Å². The quantitative estimate of drug-likeness (QED) is 0.844. The number of halogens is 1. The average molecular weight is 351 g/mol. The summed E-state index contributed by atoms with van der Waals surface area (Å²) in [5.74, 6) is 0. The highest BCUT2D eigenvalue weighted by atomic mass is 79.9. The molecule has 0 saturated carbocycles. The van der Waals surface area contributed by atoms with Crippen LogP contribution in [0, 0.1) is 13.8 Å². The first-order chi connectivity index (χ1) is 9.58. The molecular weight excluding hydrogens is 332 g/mol. The van der Waals surface area contributed by atoms with Gasteiger partial charge in [0.2, 0.25) is 0 Å². The molecule has 2 rings (SSSR count). The Morgan fingerprint density at radius 2 is 2.00 bits per heavy atom. The van der Waals surface area contributed by atoms with Crippen molar-refractivity contribution in [3.05, 3.63) is 51.6 Å². The molecule has 4 heteroatoms. The molecule has 2 aromatic rings. The second kappa shape index (κ2) is 7.25. The second-order valence-electron chi connectivity index (χ2n) is 4.76. The Hall–Kier alpha value is -0.840. The topological polar surface area (TPSA) is 24.9 Å². The Morgan fingerprint density at radius 1 is 1.20 bits per heavy atom. The van der Waals surface area contributed by atoms with Crippen molar-refractivity contribution in [2.24, 2.45) is 0 Å². The van der Waals surface area contributed by atoms with Crippen LogP contribution in [0.4, 0.5) is 0 Å². The van der Waals surface area contributed by atoms with Crippen LogP contribution in [0.25, 0.3) is 0 Å². The molecule has 0 spiro atoms. The maximum absolute atomic E-state index is 4.61. The summed E-state index contributed by atoms with van der Waals surface area (Å²) in [5, 5.41) is 4.44. The summed E-state index contributed by atoms with van der Waals surface area (Å²) in [7, 11) is 0. The third-order valence-electron chi connectivity index (χ3n) is 2.88. The van der Waals surface area contributed by atoms with E-state index in [1.54, 1.807) is 11.8 Å². The maximum Gasteiger partial charge on any atom is 0.101 e. The summed E-state index contributed by atoms with van der Waals surface area (Å²) in [6.07, 6.45) is 0. The van der Waals surface area contributed by atoms with E-state index in [9.17, 15) is 0 Å². The molecule has 0 aliphatic rings. The standard InChI is InChI=1S/C16H19BrN2S/c1-4-18-10-13-5-6-14(17)9-15(13)20-16-8-11(2)7-12(3)19-16/h5-9,18H,4,10H2,1-3H3. The van der Waals surface area contributed by atoms with Crippen LogP contribution in [0.2, 0.25) is 0 Å². The fourth-order valence-corrected chi connectivity index (χ4v) is 3.63. The molecule has 1 heterocycles. The molecule has 2 nitrogen and oxygen atoms in total. The number of aryl methyl sites for hydroxylation is 2. The molecule has 0 bridgehead atoms. The first kappa shape index (κ1) is 15.5. The van der Waals surface area contributed by atoms with Gasteiger partial charge in [-0.25, -0.2) is 4.98 Å². The van der Waals surface area contributed by atoms with Gasteiger partial charge in [-0.15, -0.1) is 0 Å². The minimum Gasteiger partial charge on any atom is -0.313 e. The van der Waals surface area contributed by atoms with Crippen molar-refractivity contribution in [2.75, 3.05) is 6.54 Å². The van der Waals surface area contributed by atoms with Gasteiger partial charge in [-0.1, -0.05) is 40.7 Å². The number of benzene rings is 1. The van der Waals surface area contributed by atoms with Crippen molar-refractivity contribution >= 4 is 27.7 Å². The molecule has 0 aliphatic carbocycles. The lowest BCUT2D eigenvalue weighted by Crippen LogP contribution is -2.12. The Morgan fingerprint density at radius 3 is 2.70 bits per heavy atom. The third-order valence-corrected chi connectivity index (χ3v) is 4.39. The molecule has 20 heavy (non-hydrogen) atoms. The molecular formula is C16H19BrN2S. The predicted molar refractivity (Wildman–Crippen MR) is 89.4 cm³/mol. The van der Waals surface area contributed by atoms with Crippen LogP contribution in [0.3, 0.4) is 0 Å². The molecule has 0 unspecified atom stereocenters. The molecule has 0 amide bonds. The number of nitrogens with zero attached hydrogens (tertiary/aromatic N) is 1. The van der Waals surface area contributed by atoms with Gasteiger partial charge in [0, 0.05) is 21.6 Å². The van der Waals surface area contributed by atoms with Crippen molar-refractivity contribution < 1.29 is 0 Å². The molecule has 0 fully saturated rings. The van der Waals surface area contributed by atoms with Crippen LogP contribution in [0.5, 0.6) is 0 Å². The Balaban J connectivity index is 2.28. The maximum atomic E-state index is 4.61. The fourth-order valence-electron chi connectivity index (χ4n) is 2.00. The summed E-state index contributed by atoms with van der Waals surface area (Å²) in [6.45, 7) is 8.13. The third kappa shape index (κ3) is 4.33. The van der Waals surface area contributed by atoms with Gasteiger partial charge in [0.25, 0.3) is 0 Å². The molecule has 0 aliphatic heterocycles. The Labute approximate surface area is 133 Å². The van der Waals surface area contributed by atoms with Crippen LogP contribution < -0.4 is 5.32 Å². The highest BCUT2D eigenvalue weighted by Gasteiger charge is 2.07. The zero-order chi connectivity index (χ0) is 14.5. The molecule has 0 radical (unpaired) electrons. The minimum absolute atomic E-state index is 0.886. The van der Waals surface area contributed by atoms with E-state index in [0.717, 1.165) is 28.3 Å². The SMILES string of the molecule is CCNCc1ccc(Br)cc1Sc1cc(C)cc(C)n1. The summed E-state index contributed by atoms with van der Waals surface area (Å²) in [6, 6.07) is 10.7. The van der Waals surface area contributed by atoms with Gasteiger partial charge in [0.05, 0.1) is 0 Å². The molecule has 1 N–H and O–H groups in total. The lowest BCUT2D eigenvalue weighted by molar-refractivity contribution is 0.717. The van der Waals surface area contributed by atoms with Gasteiger partial charge >= 0.3 is 0 Å². The van der Waals surface area contributed by atoms with Crippen LogP contribution in [-0.2, 0) is 6.54 Å². The smallest absolute Gasteiger partial charge is 0.101 e. The lowest BCUT2D eigenvalue weighted by atomic mass is 10.2. The molecule has 0 saturated heterocycles. The van der Waals surface area contributed by atoms with Crippen LogP contribution in [0.1, 0.15) is 23.7 Å². The van der Waals surface area contributed by atoms with Crippen LogP contribution in [-0.4, -0.2) is 11.5 Å². The van der Waals surface area contributed by atoms with E-state index in [0.29, 0.717) is 0 Å². The summed E-state index contributed by atoms with van der Waals surface area (Å²) in [4.78, 5) is 5.86. The van der Waals surface area contributed by atoms with Crippen molar-refractivity contribution in [3.8, 4) is 0 Å². The average Bonchev–Trinajstić information content (AvgIpc) is 2.36. The van der Waals surface area contributed by atoms with Gasteiger partial charge in [-0.2, -0.15) is 0 Å². The van der Waals surface area contributed by atoms with Crippen molar-refractivity contribution in [1.82, 2.24) is 10.3 Å². The predicted octanol–water partition coefficient (Wildman–Crippen LogP) is 4.72. The van der Waals surface area contributed by atoms with Crippen molar-refractivity contribution in [3.63, 3.8) is 0 Å². The number of hydrogen-bond acceptors (Lipinski definition) is 3. The van der Waals surface area contributed by atoms with E-state index >= 15 is 0 Å². The lowest BCUT2D eigenvalue weighted by Gasteiger charge is -2.11. The van der Waals surface area contributed by atoms with Crippen LogP contribution in [0.15, 0.2) is 44.7 Å². The first-order valence-electron chi connectivity index (χ1n) is 6.70. The van der Waals surface area contributed by atoms with Gasteiger partial charge in [0.1, 0.15) is 5.03 Å². The molecule has 0 atom stereocenters. The van der Waals surface area contributed by atoms with Crippen LogP contribution >= 0.6 is 27.7 Å². The van der Waals surface area contributed by atoms with Crippen molar-refractivity contribution in [1.29, 1.82) is 0 Å². The van der Waals surface area contributed by atoms with E-state index in [1.165, 1.54) is 16.0 Å². The molecule has 1 aromatic carbocycles. The Kier molecular flexibility index (Phi) is 5.64. The van der Waals surface area contributed by atoms with Crippen molar-refractivity contribution in [2.45, 2.75) is 37.2 Å². The normalized spacial score (nSPS) is 10.8. The number of nitrogens with one attached hydrogen (secondary N) is 1. The zero-order valence-corrected chi connectivity index (χ0v) is 14.4. The molecule has 106 valence electrons. The van der Waals surface area contributed by atoms with E-state index in [-0.39, 0.29) is 0 Å². The van der Waals surface area contributed by atoms with Gasteiger partial charge in [-0.3, -0.25) is 0 Å². The second-order valence-corrected chi connectivity index (χ2v) is 6.74. The summed E-state index contributed by atoms with van der Waals surface area (Å²) >= 11 is 5.28. The summed E-state index contributed by atoms with van der Waals surface area (Å²) in [5.41, 5.74) is 3.62. The van der Waals surface area contributed by atoms with Gasteiger partial charge in [0.15, 0.2) is 0 Å². The first-order valence-corrected chi connectivity index (χ1v) is 8.31. The largest absolute Gasteiger partial charge is 0.313 e. The minimum atomic E-state index is 0.886. The highest BCUT2D eigenvalue weighted by Crippen LogP contribution is 2.32. The highest BCUT2D eigenvalue weighted by molar-refractivity contribution is 9.10. The zero-order valence-electron chi connectivity index (χ0n) is 12.0. The van der Waals surface area contributed by atoms with E-state index < -0.39 is 0 Å². The Bertz CT molecular complexity index is 579. The van der Waals surface area contributed by atoms with E-state index in [1.807, 2.05) is 6.92 Å². The van der Waals surface area contributed by atoms with Gasteiger partial charge < -0.3 is 5.32 Å². The summed E-state index contributed by atoms with van der Waals surface area (Å²) < 4.78 is 1.10. The number of hydrogen-bond donors (Lipinski definition) is 1. The van der Waals surface area contributed by atoms with E-state index in [4.69, 9.17) is 0 Å². The number of pyridine rings is 1. The number of rotatable bonds is 5. The fraction of sp³-hybridized carbons (Fsp3) is 0.312. The van der Waals surface area contributed by atoms with E-state index in [2.05, 4.69) is 70.4 Å². The molecule has 1 aromatic heterocycles. The number of aromatic nitrogens is 1.